The Morgan fingerprint density at radius 2 is 0.691 bits per heavy atom. The lowest BCUT2D eigenvalue weighted by Gasteiger charge is -2.27. The summed E-state index contributed by atoms with van der Waals surface area (Å²) in [5.41, 5.74) is 3.78. The highest BCUT2D eigenvalue weighted by molar-refractivity contribution is 7.89. The van der Waals surface area contributed by atoms with Crippen LogP contribution in [0, 0.1) is 11.8 Å². The molecular weight excluding hydrogens is 763 g/mol. The minimum Gasteiger partial charge on any atom is -0.497 e. The molecule has 3 aromatic carbocycles. The molecule has 0 amide bonds. The summed E-state index contributed by atoms with van der Waals surface area (Å²) in [5.74, 6) is 1.52. The zero-order chi connectivity index (χ0) is 40.6. The highest BCUT2D eigenvalue weighted by atomic mass is 32.2. The van der Waals surface area contributed by atoms with E-state index in [0.29, 0.717) is 69.9 Å². The van der Waals surface area contributed by atoms with Crippen molar-refractivity contribution in [2.45, 2.75) is 93.1 Å². The van der Waals surface area contributed by atoms with Crippen LogP contribution in [0.5, 0.6) is 17.2 Å². The van der Waals surface area contributed by atoms with E-state index in [0.717, 1.165) is 0 Å². The molecule has 4 rings (SSSR count). The Kier molecular flexibility index (Phi) is 15.6. The molecule has 0 fully saturated rings. The summed E-state index contributed by atoms with van der Waals surface area (Å²) in [6.07, 6.45) is 1.33. The first kappa shape index (κ1) is 44.5. The van der Waals surface area contributed by atoms with E-state index in [-0.39, 0.29) is 68.4 Å². The van der Waals surface area contributed by atoms with Gasteiger partial charge in [-0.3, -0.25) is 0 Å². The fourth-order valence-corrected chi connectivity index (χ4v) is 11.4. The average Bonchev–Trinajstić information content (AvgIpc) is 3.11. The van der Waals surface area contributed by atoms with E-state index in [4.69, 9.17) is 14.2 Å². The predicted octanol–water partition coefficient (Wildman–Crippen LogP) is 6.52. The van der Waals surface area contributed by atoms with Gasteiger partial charge in [-0.2, -0.15) is 12.9 Å². The predicted molar refractivity (Wildman–Crippen MR) is 217 cm³/mol. The number of benzene rings is 3. The lowest BCUT2D eigenvalue weighted by Crippen LogP contribution is -2.34. The van der Waals surface area contributed by atoms with Crippen molar-refractivity contribution in [2.75, 3.05) is 38.6 Å². The van der Waals surface area contributed by atoms with E-state index in [9.17, 15) is 25.3 Å². The second kappa shape index (κ2) is 19.3. The van der Waals surface area contributed by atoms with Gasteiger partial charge in [0.25, 0.3) is 0 Å². The van der Waals surface area contributed by atoms with Gasteiger partial charge in [0.2, 0.25) is 30.1 Å². The van der Waals surface area contributed by atoms with Gasteiger partial charge in [-0.05, 0) is 101 Å². The number of sulfonamides is 3. The van der Waals surface area contributed by atoms with Crippen LogP contribution in [0.3, 0.4) is 0 Å². The SMILES string of the molecule is CCCS(=O)(=O)N1Cc2cc(cc(OC)c2)CN(S(=O)(=O)CCC(C)C)Cc2cc(cc(OC)c2)CN(S(=O)(=O)CCC(C)C)Cc2cc(cc(OC)c2)C1. The van der Waals surface area contributed by atoms with Crippen LogP contribution in [0.1, 0.15) is 87.3 Å². The zero-order valence-electron chi connectivity index (χ0n) is 33.6. The first-order valence-electron chi connectivity index (χ1n) is 18.8. The van der Waals surface area contributed by atoms with Crippen LogP contribution in [0.4, 0.5) is 0 Å². The number of hydrogen-bond acceptors (Lipinski definition) is 9. The third-order valence-electron chi connectivity index (χ3n) is 9.49. The van der Waals surface area contributed by atoms with Crippen molar-refractivity contribution >= 4 is 30.1 Å². The van der Waals surface area contributed by atoms with Gasteiger partial charge in [0.15, 0.2) is 0 Å². The van der Waals surface area contributed by atoms with Crippen molar-refractivity contribution in [3.8, 4) is 17.2 Å². The van der Waals surface area contributed by atoms with Gasteiger partial charge in [0.05, 0.1) is 38.6 Å². The van der Waals surface area contributed by atoms with Crippen molar-refractivity contribution in [1.82, 2.24) is 12.9 Å². The van der Waals surface area contributed by atoms with Crippen molar-refractivity contribution in [1.29, 1.82) is 0 Å². The summed E-state index contributed by atoms with van der Waals surface area (Å²) < 4.78 is 105. The van der Waals surface area contributed by atoms with Crippen LogP contribution in [-0.2, 0) is 69.3 Å². The fraction of sp³-hybridized carbons (Fsp3) is 0.550. The van der Waals surface area contributed by atoms with Crippen molar-refractivity contribution in [3.63, 3.8) is 0 Å². The molecule has 0 N–H and O–H groups in total. The minimum atomic E-state index is -3.81. The third-order valence-corrected chi connectivity index (χ3v) is 15.0. The van der Waals surface area contributed by atoms with Crippen molar-refractivity contribution in [2.24, 2.45) is 11.8 Å². The molecule has 1 heterocycles. The Morgan fingerprint density at radius 1 is 0.455 bits per heavy atom. The summed E-state index contributed by atoms with van der Waals surface area (Å²) in [7, 11) is -6.83. The first-order valence-corrected chi connectivity index (χ1v) is 23.6. The smallest absolute Gasteiger partial charge is 0.214 e. The van der Waals surface area contributed by atoms with Crippen molar-refractivity contribution < 1.29 is 39.5 Å². The average molecular weight is 822 g/mol. The van der Waals surface area contributed by atoms with Gasteiger partial charge in [0.1, 0.15) is 17.2 Å². The quantitative estimate of drug-likeness (QED) is 0.178. The third kappa shape index (κ3) is 12.9. The minimum absolute atomic E-state index is 0.00583. The van der Waals surface area contributed by atoms with Crippen LogP contribution < -0.4 is 14.2 Å². The second-order valence-corrected chi connectivity index (χ2v) is 21.5. The molecule has 0 aromatic heterocycles. The number of methoxy groups -OCH3 is 3. The number of fused-ring (bicyclic) bond motifs is 6. The molecule has 0 unspecified atom stereocenters. The number of ether oxygens (including phenoxy) is 3. The Morgan fingerprint density at radius 3 is 0.891 bits per heavy atom. The molecule has 15 heteroatoms. The molecule has 55 heavy (non-hydrogen) atoms. The molecule has 0 aliphatic carbocycles. The Labute approximate surface area is 329 Å². The van der Waals surface area contributed by atoms with E-state index in [1.807, 2.05) is 45.9 Å². The van der Waals surface area contributed by atoms with Gasteiger partial charge in [-0.1, -0.05) is 52.8 Å². The van der Waals surface area contributed by atoms with E-state index >= 15 is 0 Å². The second-order valence-electron chi connectivity index (χ2n) is 15.2. The Balaban J connectivity index is 1.98. The van der Waals surface area contributed by atoms with Gasteiger partial charge >= 0.3 is 0 Å². The standard InChI is InChI=1S/C40H59N3O9S3/c1-9-12-53(44,45)41-24-32-15-34(20-38(18-32)50-6)26-42(54(46,47)13-10-30(2)3)28-36-17-37(23-40(22-36)52-8)29-43(55(48,49)14-11-31(4)5)27-35-16-33(25-41)19-39(21-35)51-7/h15-23,30-31H,9-14,24-29H2,1-8H3. The first-order chi connectivity index (χ1) is 25.9. The molecule has 1 aliphatic rings. The Bertz CT molecular complexity index is 1960. The number of hydrogen-bond donors (Lipinski definition) is 0. The van der Waals surface area contributed by atoms with Crippen LogP contribution in [0.15, 0.2) is 54.6 Å². The molecule has 0 radical (unpaired) electrons. The monoisotopic (exact) mass is 821 g/mol. The molecule has 12 nitrogen and oxygen atoms in total. The molecular formula is C40H59N3O9S3. The highest BCUT2D eigenvalue weighted by Gasteiger charge is 2.28. The fourth-order valence-electron chi connectivity index (χ4n) is 6.48. The molecule has 6 bridgehead atoms. The summed E-state index contributed by atoms with van der Waals surface area (Å²) in [5, 5.41) is 0. The largest absolute Gasteiger partial charge is 0.497 e. The summed E-state index contributed by atoms with van der Waals surface area (Å²) in [6.45, 7) is 9.67. The summed E-state index contributed by atoms with van der Waals surface area (Å²) in [4.78, 5) is 0. The number of nitrogens with zero attached hydrogens (tertiary/aromatic N) is 3. The number of rotatable bonds is 14. The summed E-state index contributed by atoms with van der Waals surface area (Å²) in [6, 6.07) is 16.1. The van der Waals surface area contributed by atoms with E-state index in [2.05, 4.69) is 0 Å². The van der Waals surface area contributed by atoms with E-state index in [1.54, 1.807) is 43.3 Å². The van der Waals surface area contributed by atoms with Crippen LogP contribution in [0.25, 0.3) is 0 Å². The Hall–Kier alpha value is -3.21. The van der Waals surface area contributed by atoms with Crippen LogP contribution in [-0.4, -0.2) is 76.8 Å². The maximum atomic E-state index is 14.1. The normalized spacial score (nSPS) is 15.8. The topological polar surface area (TPSA) is 140 Å². The van der Waals surface area contributed by atoms with Crippen LogP contribution in [0.2, 0.25) is 0 Å². The van der Waals surface area contributed by atoms with Gasteiger partial charge in [-0.25, -0.2) is 25.3 Å². The lowest BCUT2D eigenvalue weighted by atomic mass is 10.1. The molecule has 306 valence electrons. The molecule has 0 spiro atoms. The van der Waals surface area contributed by atoms with E-state index < -0.39 is 30.1 Å². The molecule has 0 atom stereocenters. The van der Waals surface area contributed by atoms with E-state index in [1.165, 1.54) is 34.2 Å². The van der Waals surface area contributed by atoms with Crippen LogP contribution >= 0.6 is 0 Å². The maximum Gasteiger partial charge on any atom is 0.214 e. The molecule has 1 aliphatic heterocycles. The lowest BCUT2D eigenvalue weighted by molar-refractivity contribution is 0.378. The van der Waals surface area contributed by atoms with Gasteiger partial charge in [-0.15, -0.1) is 0 Å². The molecule has 0 saturated heterocycles. The van der Waals surface area contributed by atoms with Gasteiger partial charge < -0.3 is 14.2 Å². The maximum absolute atomic E-state index is 14.1. The molecule has 0 saturated carbocycles. The van der Waals surface area contributed by atoms with Crippen molar-refractivity contribution in [3.05, 3.63) is 88.0 Å². The highest BCUT2D eigenvalue weighted by Crippen LogP contribution is 2.29. The van der Waals surface area contributed by atoms with Gasteiger partial charge in [0, 0.05) is 39.3 Å². The molecule has 3 aromatic rings. The zero-order valence-corrected chi connectivity index (χ0v) is 36.0. The summed E-state index contributed by atoms with van der Waals surface area (Å²) >= 11 is 0.